The van der Waals surface area contributed by atoms with Crippen molar-refractivity contribution in [3.8, 4) is 0 Å². The van der Waals surface area contributed by atoms with Gasteiger partial charge in [-0.15, -0.1) is 0 Å². The molecule has 1 heterocycles. The van der Waals surface area contributed by atoms with Crippen LogP contribution >= 0.6 is 11.6 Å². The van der Waals surface area contributed by atoms with E-state index in [0.717, 1.165) is 0 Å². The number of halogens is 1. The number of nitrogens with one attached hydrogen (secondary N) is 1. The Hall–Kier alpha value is -2.77. The first-order chi connectivity index (χ1) is 11.8. The highest BCUT2D eigenvalue weighted by Gasteiger charge is 2.39. The van der Waals surface area contributed by atoms with E-state index in [-0.39, 0.29) is 29.1 Å². The summed E-state index contributed by atoms with van der Waals surface area (Å²) in [5, 5.41) is 39.4. The molecule has 0 saturated carbocycles. The average Bonchev–Trinajstić information content (AvgIpc) is 2.92. The number of hydrogen-bond donors (Lipinski definition) is 1. The number of methoxy groups -OCH3 is 2. The van der Waals surface area contributed by atoms with Crippen molar-refractivity contribution in [1.82, 2.24) is 5.16 Å². The van der Waals surface area contributed by atoms with E-state index in [1.807, 2.05) is 0 Å². The summed E-state index contributed by atoms with van der Waals surface area (Å²) in [6.07, 6.45) is -0.313. The number of nitrogens with zero attached hydrogens (tertiary/aromatic N) is 4. The monoisotopic (exact) mass is 377 g/mol. The van der Waals surface area contributed by atoms with Crippen molar-refractivity contribution >= 4 is 39.7 Å². The number of aromatic nitrogens is 2. The van der Waals surface area contributed by atoms with E-state index in [1.165, 1.54) is 14.2 Å². The molecule has 2 rings (SSSR count). The molecule has 0 spiro atoms. The number of fused-ring (bicyclic) bond motifs is 1. The Morgan fingerprint density at radius 3 is 2.40 bits per heavy atom. The molecule has 0 aliphatic heterocycles. The minimum atomic E-state index is -1.01. The van der Waals surface area contributed by atoms with Gasteiger partial charge in [0, 0.05) is 32.3 Å². The van der Waals surface area contributed by atoms with Gasteiger partial charge >= 0.3 is 16.9 Å². The first kappa shape index (κ1) is 18.6. The third-order valence-electron chi connectivity index (χ3n) is 3.30. The Bertz CT molecular complexity index is 821. The van der Waals surface area contributed by atoms with E-state index < -0.39 is 38.1 Å². The minimum absolute atomic E-state index is 0.0993. The number of rotatable bonds is 8. The first-order valence-electron chi connectivity index (χ1n) is 6.66. The molecule has 0 amide bonds. The molecule has 0 aliphatic carbocycles. The molecule has 1 aromatic heterocycles. The van der Waals surface area contributed by atoms with Gasteiger partial charge in [-0.3, -0.25) is 24.9 Å². The van der Waals surface area contributed by atoms with Crippen LogP contribution in [0.5, 0.6) is 0 Å². The predicted molar refractivity (Wildman–Crippen MR) is 82.2 cm³/mol. The number of nitro groups is 2. The Morgan fingerprint density at radius 1 is 1.28 bits per heavy atom. The van der Waals surface area contributed by atoms with Crippen LogP contribution < -0.4 is 10.2 Å². The molecular weight excluding hydrogens is 366 g/mol. The summed E-state index contributed by atoms with van der Waals surface area (Å²) in [7, 11) is 2.82. The number of ether oxygens (including phenoxy) is 2. The zero-order valence-electron chi connectivity index (χ0n) is 12.9. The van der Waals surface area contributed by atoms with Crippen molar-refractivity contribution in [3.63, 3.8) is 0 Å². The molecule has 0 bridgehead atoms. The first-order valence-corrected chi connectivity index (χ1v) is 7.04. The van der Waals surface area contributed by atoms with E-state index in [0.29, 0.717) is 0 Å². The maximum absolute atomic E-state index is 11.7. The summed E-state index contributed by atoms with van der Waals surface area (Å²) in [6, 6.07) is 0. The Morgan fingerprint density at radius 2 is 1.88 bits per heavy atom. The van der Waals surface area contributed by atoms with Gasteiger partial charge in [-0.25, -0.2) is 0 Å². The van der Waals surface area contributed by atoms with E-state index in [4.69, 9.17) is 21.1 Å². The van der Waals surface area contributed by atoms with Crippen LogP contribution in [0.2, 0.25) is 5.02 Å². The van der Waals surface area contributed by atoms with Gasteiger partial charge in [-0.2, -0.15) is 0 Å². The van der Waals surface area contributed by atoms with Crippen LogP contribution in [0.15, 0.2) is 4.63 Å². The fourth-order valence-electron chi connectivity index (χ4n) is 2.20. The summed E-state index contributed by atoms with van der Waals surface area (Å²) >= 11 is 5.81. The van der Waals surface area contributed by atoms with Crippen LogP contribution in [0.1, 0.15) is 6.42 Å². The molecule has 0 saturated heterocycles. The zero-order valence-corrected chi connectivity index (χ0v) is 13.7. The molecule has 1 aromatic carbocycles. The molecule has 25 heavy (non-hydrogen) atoms. The second-order valence-corrected chi connectivity index (χ2v) is 5.02. The average molecular weight is 378 g/mol. The fraction of sp³-hybridized carbons (Fsp3) is 0.455. The summed E-state index contributed by atoms with van der Waals surface area (Å²) in [6.45, 7) is 0.0993. The summed E-state index contributed by atoms with van der Waals surface area (Å²) in [5.74, 6) is 0. The standard InChI is InChI=1S/C11H12ClN5O8/c1-23-5(24-2)3-4-13-7-8-11(17(22)25-14-8)10(16(20)21)6(12)9(7)15(18)19/h5,13H,3-4H2,1-2H3. The maximum atomic E-state index is 11.7. The Kier molecular flexibility index (Phi) is 5.51. The Labute approximate surface area is 143 Å². The number of anilines is 1. The lowest BCUT2D eigenvalue weighted by Gasteiger charge is -2.13. The highest BCUT2D eigenvalue weighted by Crippen LogP contribution is 2.44. The van der Waals surface area contributed by atoms with Crippen molar-refractivity contribution in [2.45, 2.75) is 12.7 Å². The summed E-state index contributed by atoms with van der Waals surface area (Å²) in [5.41, 5.74) is -3.04. The van der Waals surface area contributed by atoms with Gasteiger partial charge < -0.3 is 20.0 Å². The lowest BCUT2D eigenvalue weighted by Crippen LogP contribution is -2.24. The van der Waals surface area contributed by atoms with Crippen molar-refractivity contribution in [3.05, 3.63) is 30.5 Å². The number of benzene rings is 1. The SMILES string of the molecule is COC(CCNc1c([N+](=O)[O-])c(Cl)c([N+](=O)[O-])c2c1no[n+]2[O-])OC. The highest BCUT2D eigenvalue weighted by molar-refractivity contribution is 6.37. The Balaban J connectivity index is 2.58. The van der Waals surface area contributed by atoms with Gasteiger partial charge in [0.2, 0.25) is 5.02 Å². The van der Waals surface area contributed by atoms with E-state index in [9.17, 15) is 25.4 Å². The molecule has 0 fully saturated rings. The van der Waals surface area contributed by atoms with E-state index in [2.05, 4.69) is 15.1 Å². The van der Waals surface area contributed by atoms with Crippen LogP contribution in [0.4, 0.5) is 17.1 Å². The lowest BCUT2D eigenvalue weighted by molar-refractivity contribution is -0.783. The van der Waals surface area contributed by atoms with Crippen LogP contribution in [-0.2, 0) is 9.47 Å². The molecule has 0 unspecified atom stereocenters. The largest absolute Gasteiger partial charge is 0.375 e. The van der Waals surface area contributed by atoms with Crippen LogP contribution in [0.3, 0.4) is 0 Å². The van der Waals surface area contributed by atoms with Crippen molar-refractivity contribution in [2.24, 2.45) is 0 Å². The van der Waals surface area contributed by atoms with Crippen LogP contribution in [-0.4, -0.2) is 42.1 Å². The summed E-state index contributed by atoms with van der Waals surface area (Å²) in [4.78, 5) is 20.4. The topological polar surface area (TPSA) is 170 Å². The normalized spacial score (nSPS) is 11.2. The minimum Gasteiger partial charge on any atom is -0.375 e. The smallest absolute Gasteiger partial charge is 0.350 e. The van der Waals surface area contributed by atoms with Gasteiger partial charge in [-0.05, 0) is 4.90 Å². The third kappa shape index (κ3) is 3.38. The van der Waals surface area contributed by atoms with Crippen molar-refractivity contribution < 1.29 is 28.9 Å². The van der Waals surface area contributed by atoms with Crippen LogP contribution in [0, 0.1) is 25.4 Å². The molecule has 13 nitrogen and oxygen atoms in total. The van der Waals surface area contributed by atoms with Crippen molar-refractivity contribution in [1.29, 1.82) is 0 Å². The molecule has 14 heteroatoms. The molecule has 1 N–H and O–H groups in total. The predicted octanol–water partition coefficient (Wildman–Crippen LogP) is 1.35. The molecule has 0 radical (unpaired) electrons. The van der Waals surface area contributed by atoms with Crippen LogP contribution in [0.25, 0.3) is 11.0 Å². The summed E-state index contributed by atoms with van der Waals surface area (Å²) < 4.78 is 14.3. The number of nitro benzene ring substituents is 2. The van der Waals surface area contributed by atoms with Gasteiger partial charge in [0.1, 0.15) is 0 Å². The molecule has 0 atom stereocenters. The highest BCUT2D eigenvalue weighted by atomic mass is 35.5. The maximum Gasteiger partial charge on any atom is 0.350 e. The van der Waals surface area contributed by atoms with Gasteiger partial charge in [0.05, 0.1) is 9.85 Å². The lowest BCUT2D eigenvalue weighted by atomic mass is 10.2. The molecule has 0 aliphatic rings. The third-order valence-corrected chi connectivity index (χ3v) is 3.66. The van der Waals surface area contributed by atoms with Gasteiger partial charge in [0.25, 0.3) is 5.52 Å². The van der Waals surface area contributed by atoms with E-state index >= 15 is 0 Å². The van der Waals surface area contributed by atoms with Gasteiger partial charge in [-0.1, -0.05) is 11.6 Å². The number of hydrogen-bond acceptors (Lipinski definition) is 10. The van der Waals surface area contributed by atoms with Crippen molar-refractivity contribution in [2.75, 3.05) is 26.1 Å². The van der Waals surface area contributed by atoms with Gasteiger partial charge in [0.15, 0.2) is 12.0 Å². The second kappa shape index (κ2) is 7.42. The molecule has 2 aromatic rings. The molecule has 136 valence electrons. The zero-order chi connectivity index (χ0) is 18.7. The quantitative estimate of drug-likeness (QED) is 0.306. The van der Waals surface area contributed by atoms with E-state index in [1.54, 1.807) is 0 Å². The molecular formula is C11H12ClN5O8. The second-order valence-electron chi connectivity index (χ2n) is 4.64. The fourth-order valence-corrected chi connectivity index (χ4v) is 2.52.